The van der Waals surface area contributed by atoms with Gasteiger partial charge >= 0.3 is 0 Å². The van der Waals surface area contributed by atoms with E-state index in [4.69, 9.17) is 4.74 Å². The third kappa shape index (κ3) is 4.39. The Morgan fingerprint density at radius 1 is 0.967 bits per heavy atom. The van der Waals surface area contributed by atoms with E-state index in [1.54, 1.807) is 24.3 Å². The summed E-state index contributed by atoms with van der Waals surface area (Å²) in [7, 11) is 1.52. The lowest BCUT2D eigenvalue weighted by molar-refractivity contribution is -0.116. The van der Waals surface area contributed by atoms with Crippen molar-refractivity contribution in [2.75, 3.05) is 12.4 Å². The van der Waals surface area contributed by atoms with E-state index in [1.807, 2.05) is 23.6 Å². The molecule has 0 fully saturated rings. The molecule has 0 saturated heterocycles. The van der Waals surface area contributed by atoms with Gasteiger partial charge in [-0.2, -0.15) is 0 Å². The van der Waals surface area contributed by atoms with Crippen molar-refractivity contribution in [3.05, 3.63) is 77.7 Å². The molecule has 0 saturated carbocycles. The summed E-state index contributed by atoms with van der Waals surface area (Å²) in [6.45, 7) is 0. The molecule has 1 aromatic heterocycles. The number of ether oxygens (including phenoxy) is 1. The van der Waals surface area contributed by atoms with Crippen molar-refractivity contribution in [1.29, 1.82) is 0 Å². The summed E-state index contributed by atoms with van der Waals surface area (Å²) in [5, 5.41) is 7.54. The first-order valence-corrected chi connectivity index (χ1v) is 10.4. The minimum absolute atomic E-state index is 0.0851. The Balaban J connectivity index is 1.38. The van der Waals surface area contributed by atoms with Gasteiger partial charge in [0, 0.05) is 23.8 Å². The summed E-state index contributed by atoms with van der Waals surface area (Å²) >= 11 is 1.37. The van der Waals surface area contributed by atoms with Crippen molar-refractivity contribution in [3.63, 3.8) is 0 Å². The first-order valence-electron chi connectivity index (χ1n) is 9.55. The van der Waals surface area contributed by atoms with Gasteiger partial charge in [-0.1, -0.05) is 48.5 Å². The number of amides is 1. The summed E-state index contributed by atoms with van der Waals surface area (Å²) in [6.07, 6.45) is 0.191. The Labute approximate surface area is 178 Å². The SMILES string of the molecule is COc1ccccc1C(=O)CCC(=O)Nc1nc(-c2ccc3ccccc3c2)cs1. The summed E-state index contributed by atoms with van der Waals surface area (Å²) in [5.74, 6) is 0.152. The van der Waals surface area contributed by atoms with E-state index < -0.39 is 0 Å². The summed E-state index contributed by atoms with van der Waals surface area (Å²) in [5.41, 5.74) is 2.29. The minimum Gasteiger partial charge on any atom is -0.496 e. The predicted octanol–water partition coefficient (Wildman–Crippen LogP) is 5.57. The average molecular weight is 417 g/mol. The summed E-state index contributed by atoms with van der Waals surface area (Å²) in [4.78, 5) is 29.2. The fourth-order valence-corrected chi connectivity index (χ4v) is 3.97. The van der Waals surface area contributed by atoms with Gasteiger partial charge in [0.1, 0.15) is 5.75 Å². The number of carbonyl (C=O) groups is 2. The fourth-order valence-electron chi connectivity index (χ4n) is 3.23. The molecule has 0 spiro atoms. The highest BCUT2D eigenvalue weighted by molar-refractivity contribution is 7.14. The van der Waals surface area contributed by atoms with Gasteiger partial charge in [0.25, 0.3) is 0 Å². The number of aromatic nitrogens is 1. The van der Waals surface area contributed by atoms with Crippen LogP contribution in [0.4, 0.5) is 5.13 Å². The topological polar surface area (TPSA) is 68.3 Å². The predicted molar refractivity (Wildman–Crippen MR) is 120 cm³/mol. The lowest BCUT2D eigenvalue weighted by atomic mass is 10.1. The van der Waals surface area contributed by atoms with E-state index in [9.17, 15) is 9.59 Å². The fraction of sp³-hybridized carbons (Fsp3) is 0.125. The second kappa shape index (κ2) is 8.88. The summed E-state index contributed by atoms with van der Waals surface area (Å²) < 4.78 is 5.21. The van der Waals surface area contributed by atoms with Crippen molar-refractivity contribution < 1.29 is 14.3 Å². The number of rotatable bonds is 7. The first-order chi connectivity index (χ1) is 14.6. The quantitative estimate of drug-likeness (QED) is 0.400. The number of benzene rings is 3. The lowest BCUT2D eigenvalue weighted by Gasteiger charge is -2.07. The van der Waals surface area contributed by atoms with Crippen LogP contribution in [0.5, 0.6) is 5.75 Å². The highest BCUT2D eigenvalue weighted by Crippen LogP contribution is 2.28. The highest BCUT2D eigenvalue weighted by Gasteiger charge is 2.14. The minimum atomic E-state index is -0.238. The molecule has 1 heterocycles. The van der Waals surface area contributed by atoms with Crippen LogP contribution in [0.2, 0.25) is 0 Å². The molecule has 150 valence electrons. The van der Waals surface area contributed by atoms with Gasteiger partial charge in [0.05, 0.1) is 18.4 Å². The number of ketones is 1. The maximum atomic E-state index is 12.4. The van der Waals surface area contributed by atoms with E-state index in [0.29, 0.717) is 16.4 Å². The number of nitrogens with one attached hydrogen (secondary N) is 1. The number of methoxy groups -OCH3 is 1. The van der Waals surface area contributed by atoms with Crippen LogP contribution < -0.4 is 10.1 Å². The smallest absolute Gasteiger partial charge is 0.226 e. The van der Waals surface area contributed by atoms with Gasteiger partial charge in [-0.3, -0.25) is 9.59 Å². The molecule has 0 unspecified atom stereocenters. The lowest BCUT2D eigenvalue weighted by Crippen LogP contribution is -2.13. The molecule has 6 heteroatoms. The maximum absolute atomic E-state index is 12.4. The van der Waals surface area contributed by atoms with E-state index in [-0.39, 0.29) is 24.5 Å². The van der Waals surface area contributed by atoms with Crippen LogP contribution in [0, 0.1) is 0 Å². The number of hydrogen-bond acceptors (Lipinski definition) is 5. The Hall–Kier alpha value is -3.51. The Morgan fingerprint density at radius 2 is 1.73 bits per heavy atom. The second-order valence-electron chi connectivity index (χ2n) is 6.77. The molecule has 30 heavy (non-hydrogen) atoms. The number of carbonyl (C=O) groups excluding carboxylic acids is 2. The number of Topliss-reactive ketones (excluding diaryl/α,β-unsaturated/α-hetero) is 1. The third-order valence-electron chi connectivity index (χ3n) is 4.78. The molecule has 0 aliphatic heterocycles. The van der Waals surface area contributed by atoms with Gasteiger partial charge in [-0.25, -0.2) is 4.98 Å². The van der Waals surface area contributed by atoms with E-state index >= 15 is 0 Å². The standard InChI is InChI=1S/C24H20N2O3S/c1-29-22-9-5-4-8-19(22)21(27)12-13-23(28)26-24-25-20(15-30-24)18-11-10-16-6-2-3-7-17(16)14-18/h2-11,14-15H,12-13H2,1H3,(H,25,26,28). The van der Waals surface area contributed by atoms with Gasteiger partial charge in [0.2, 0.25) is 5.91 Å². The average Bonchev–Trinajstić information content (AvgIpc) is 3.25. The second-order valence-corrected chi connectivity index (χ2v) is 7.63. The van der Waals surface area contributed by atoms with Gasteiger partial charge in [-0.15, -0.1) is 11.3 Å². The van der Waals surface area contributed by atoms with Crippen LogP contribution in [-0.2, 0) is 4.79 Å². The number of thiazole rings is 1. The van der Waals surface area contributed by atoms with Crippen molar-refractivity contribution in [1.82, 2.24) is 4.98 Å². The van der Waals surface area contributed by atoms with Gasteiger partial charge in [-0.05, 0) is 29.0 Å². The molecule has 0 bridgehead atoms. The number of para-hydroxylation sites is 1. The molecule has 0 aliphatic carbocycles. The monoisotopic (exact) mass is 416 g/mol. The Kier molecular flexibility index (Phi) is 5.86. The van der Waals surface area contributed by atoms with Crippen LogP contribution >= 0.6 is 11.3 Å². The molecule has 1 amide bonds. The number of anilines is 1. The zero-order valence-corrected chi connectivity index (χ0v) is 17.2. The Morgan fingerprint density at radius 3 is 2.57 bits per heavy atom. The van der Waals surface area contributed by atoms with Crippen LogP contribution in [0.1, 0.15) is 23.2 Å². The first kappa shape index (κ1) is 19.8. The highest BCUT2D eigenvalue weighted by atomic mass is 32.1. The Bertz CT molecular complexity index is 1220. The third-order valence-corrected chi connectivity index (χ3v) is 5.54. The van der Waals surface area contributed by atoms with Crippen LogP contribution in [0.3, 0.4) is 0 Å². The molecule has 4 rings (SSSR count). The largest absolute Gasteiger partial charge is 0.496 e. The van der Waals surface area contributed by atoms with Crippen molar-refractivity contribution >= 4 is 38.9 Å². The van der Waals surface area contributed by atoms with Crippen molar-refractivity contribution in [2.45, 2.75) is 12.8 Å². The van der Waals surface area contributed by atoms with Crippen LogP contribution in [-0.4, -0.2) is 23.8 Å². The van der Waals surface area contributed by atoms with E-state index in [2.05, 4.69) is 34.6 Å². The molecular formula is C24H20N2O3S. The molecule has 4 aromatic rings. The molecule has 0 radical (unpaired) electrons. The molecule has 3 aromatic carbocycles. The van der Waals surface area contributed by atoms with Crippen molar-refractivity contribution in [2.24, 2.45) is 0 Å². The number of hydrogen-bond donors (Lipinski definition) is 1. The zero-order valence-electron chi connectivity index (χ0n) is 16.4. The van der Waals surface area contributed by atoms with E-state index in [0.717, 1.165) is 16.6 Å². The maximum Gasteiger partial charge on any atom is 0.226 e. The number of nitrogens with zero attached hydrogens (tertiary/aromatic N) is 1. The van der Waals surface area contributed by atoms with Crippen molar-refractivity contribution in [3.8, 4) is 17.0 Å². The molecular weight excluding hydrogens is 396 g/mol. The number of fused-ring (bicyclic) bond motifs is 1. The molecule has 0 atom stereocenters. The van der Waals surface area contributed by atoms with Gasteiger partial charge < -0.3 is 10.1 Å². The summed E-state index contributed by atoms with van der Waals surface area (Å²) in [6, 6.07) is 21.3. The normalized spacial score (nSPS) is 10.7. The van der Waals surface area contributed by atoms with Crippen LogP contribution in [0.25, 0.3) is 22.0 Å². The molecule has 5 nitrogen and oxygen atoms in total. The van der Waals surface area contributed by atoms with Gasteiger partial charge in [0.15, 0.2) is 10.9 Å². The zero-order chi connectivity index (χ0) is 20.9. The molecule has 1 N–H and O–H groups in total. The van der Waals surface area contributed by atoms with E-state index in [1.165, 1.54) is 23.8 Å². The molecule has 0 aliphatic rings. The van der Waals surface area contributed by atoms with Crippen LogP contribution in [0.15, 0.2) is 72.1 Å².